The Bertz CT molecular complexity index is 2060. The van der Waals surface area contributed by atoms with Crippen molar-refractivity contribution in [3.05, 3.63) is 70.4 Å². The van der Waals surface area contributed by atoms with Crippen LogP contribution in [0.25, 0.3) is 22.3 Å². The molecule has 3 aromatic carbocycles. The maximum absolute atomic E-state index is 12.5. The van der Waals surface area contributed by atoms with Gasteiger partial charge in [-0.1, -0.05) is 40.8 Å². The van der Waals surface area contributed by atoms with E-state index in [0.717, 1.165) is 32.9 Å². The number of hydrogen-bond donors (Lipinski definition) is 0. The second-order valence-corrected chi connectivity index (χ2v) is 16.4. The van der Waals surface area contributed by atoms with Crippen LogP contribution in [0.2, 0.25) is 0 Å². The molecule has 0 saturated heterocycles. The number of halogens is 1. The number of thiophene rings is 1. The van der Waals surface area contributed by atoms with Gasteiger partial charge in [0, 0.05) is 19.7 Å². The third kappa shape index (κ3) is 9.40. The molecule has 0 bridgehead atoms. The van der Waals surface area contributed by atoms with E-state index in [1.807, 2.05) is 12.1 Å². The first-order chi connectivity index (χ1) is 21.5. The van der Waals surface area contributed by atoms with Gasteiger partial charge in [0.25, 0.3) is 0 Å². The van der Waals surface area contributed by atoms with Crippen molar-refractivity contribution in [2.45, 2.75) is 11.0 Å². The first kappa shape index (κ1) is 35.6. The third-order valence-electron chi connectivity index (χ3n) is 5.96. The van der Waals surface area contributed by atoms with Gasteiger partial charge in [0.05, 0.1) is 38.6 Å². The zero-order valence-corrected chi connectivity index (χ0v) is 30.5. The maximum atomic E-state index is 12.5. The highest BCUT2D eigenvalue weighted by molar-refractivity contribution is 14.1. The summed E-state index contributed by atoms with van der Waals surface area (Å²) in [5.41, 5.74) is 1.18. The van der Waals surface area contributed by atoms with Gasteiger partial charge in [0.2, 0.25) is 0 Å². The fourth-order valence-corrected chi connectivity index (χ4v) is 7.18. The van der Waals surface area contributed by atoms with E-state index in [2.05, 4.69) is 22.6 Å². The van der Waals surface area contributed by atoms with Crippen LogP contribution in [-0.4, -0.2) is 58.2 Å². The second-order valence-electron chi connectivity index (χ2n) is 9.70. The first-order valence-corrected chi connectivity index (χ1v) is 20.8. The lowest BCUT2D eigenvalue weighted by Crippen LogP contribution is -2.10. The molecule has 0 amide bonds. The van der Waals surface area contributed by atoms with Crippen molar-refractivity contribution in [3.8, 4) is 56.8 Å². The van der Waals surface area contributed by atoms with Crippen molar-refractivity contribution in [3.63, 3.8) is 0 Å². The molecule has 4 aromatic rings. The molecule has 0 spiro atoms. The summed E-state index contributed by atoms with van der Waals surface area (Å²) in [4.78, 5) is 2.08. The average Bonchev–Trinajstić information content (AvgIpc) is 3.42. The van der Waals surface area contributed by atoms with E-state index in [1.54, 1.807) is 35.6 Å². The number of alkyl halides is 1. The van der Waals surface area contributed by atoms with Gasteiger partial charge in [-0.15, -0.1) is 11.3 Å². The molecule has 248 valence electrons. The molecule has 0 N–H and O–H groups in total. The summed E-state index contributed by atoms with van der Waals surface area (Å²) in [6, 6.07) is 15.8. The van der Waals surface area contributed by atoms with E-state index >= 15 is 0 Å². The van der Waals surface area contributed by atoms with Gasteiger partial charge >= 0.3 is 30.4 Å². The predicted octanol–water partition coefficient (Wildman–Crippen LogP) is 5.63. The smallest absolute Gasteiger partial charge is 0.306 e. The quantitative estimate of drug-likeness (QED) is 0.0879. The van der Waals surface area contributed by atoms with E-state index < -0.39 is 30.4 Å². The van der Waals surface area contributed by atoms with E-state index in [1.165, 1.54) is 38.5 Å². The molecule has 12 nitrogen and oxygen atoms in total. The highest BCUT2D eigenvalue weighted by Crippen LogP contribution is 2.52. The molecular weight excluding hydrogens is 795 g/mol. The summed E-state index contributed by atoms with van der Waals surface area (Å²) in [5, 5.41) is 0. The van der Waals surface area contributed by atoms with Gasteiger partial charge in [-0.05, 0) is 53.6 Å². The number of rotatable bonds is 14. The first-order valence-electron chi connectivity index (χ1n) is 13.0. The van der Waals surface area contributed by atoms with Crippen molar-refractivity contribution in [2.75, 3.05) is 33.0 Å². The van der Waals surface area contributed by atoms with E-state index in [-0.39, 0.29) is 52.2 Å². The minimum atomic E-state index is -4.15. The standard InChI is InChI=1S/C29H29IO12S4/c1-37-26-15-23(18-6-9-20(10-7-18)40-44(3,31)32)28(38-2)29(42-46(5,35)36)27(26)19-8-13-24(25(14-19)41-45(4,33)34)39-17-22-12-11-21(16-30)43-22/h6-15H,16-17H2,1-5H3. The summed E-state index contributed by atoms with van der Waals surface area (Å²) >= 11 is 3.82. The summed E-state index contributed by atoms with van der Waals surface area (Å²) < 4.78 is 106. The maximum Gasteiger partial charge on any atom is 0.306 e. The van der Waals surface area contributed by atoms with Crippen molar-refractivity contribution >= 4 is 64.3 Å². The molecule has 0 aliphatic heterocycles. The van der Waals surface area contributed by atoms with Crippen LogP contribution in [0.3, 0.4) is 0 Å². The van der Waals surface area contributed by atoms with Gasteiger partial charge in [0.1, 0.15) is 18.1 Å². The summed E-state index contributed by atoms with van der Waals surface area (Å²) in [5.74, 6) is -0.0838. The Morgan fingerprint density at radius 2 is 1.24 bits per heavy atom. The molecule has 1 heterocycles. The normalized spacial score (nSPS) is 12.0. The average molecular weight is 825 g/mol. The largest absolute Gasteiger partial charge is 0.496 e. The van der Waals surface area contributed by atoms with Crippen LogP contribution in [0, 0.1) is 0 Å². The van der Waals surface area contributed by atoms with E-state index in [0.29, 0.717) is 11.1 Å². The van der Waals surface area contributed by atoms with Gasteiger partial charge in [-0.2, -0.15) is 25.3 Å². The molecule has 0 unspecified atom stereocenters. The molecule has 0 aliphatic rings. The molecular formula is C29H29IO12S4. The van der Waals surface area contributed by atoms with Crippen LogP contribution >= 0.6 is 33.9 Å². The molecule has 0 radical (unpaired) electrons. The summed E-state index contributed by atoms with van der Waals surface area (Å²) in [6.45, 7) is 0.156. The number of hydrogen-bond acceptors (Lipinski definition) is 13. The summed E-state index contributed by atoms with van der Waals surface area (Å²) in [7, 11) is -9.26. The molecule has 46 heavy (non-hydrogen) atoms. The zero-order valence-electron chi connectivity index (χ0n) is 25.1. The Morgan fingerprint density at radius 1 is 0.630 bits per heavy atom. The molecule has 0 aliphatic carbocycles. The molecule has 0 fully saturated rings. The molecule has 4 rings (SSSR count). The van der Waals surface area contributed by atoms with Gasteiger partial charge in [-0.25, -0.2) is 0 Å². The monoisotopic (exact) mass is 824 g/mol. The minimum absolute atomic E-state index is 0.00678. The minimum Gasteiger partial charge on any atom is -0.496 e. The fourth-order valence-electron chi connectivity index (χ4n) is 4.30. The zero-order chi connectivity index (χ0) is 33.9. The van der Waals surface area contributed by atoms with Crippen LogP contribution in [0.5, 0.6) is 34.5 Å². The van der Waals surface area contributed by atoms with E-state index in [9.17, 15) is 25.3 Å². The lowest BCUT2D eigenvalue weighted by Gasteiger charge is -2.21. The Morgan fingerprint density at radius 3 is 1.78 bits per heavy atom. The number of ether oxygens (including phenoxy) is 3. The lowest BCUT2D eigenvalue weighted by atomic mass is 9.96. The Kier molecular flexibility index (Phi) is 11.0. The van der Waals surface area contributed by atoms with Crippen molar-refractivity contribution < 1.29 is 52.0 Å². The fraction of sp³-hybridized carbons (Fsp3) is 0.241. The summed E-state index contributed by atoms with van der Waals surface area (Å²) in [6.07, 6.45) is 2.66. The van der Waals surface area contributed by atoms with Crippen LogP contribution in [0.15, 0.2) is 60.7 Å². The third-order valence-corrected chi connectivity index (χ3v) is 9.81. The highest BCUT2D eigenvalue weighted by atomic mass is 127. The molecule has 0 atom stereocenters. The van der Waals surface area contributed by atoms with Crippen molar-refractivity contribution in [1.82, 2.24) is 0 Å². The van der Waals surface area contributed by atoms with Crippen molar-refractivity contribution in [1.29, 1.82) is 0 Å². The Hall–Kier alpha value is -3.26. The SMILES string of the molecule is COc1cc(-c2ccc(OS(C)(=O)=O)cc2)c(OC)c(OS(C)(=O)=O)c1-c1ccc(OCc2ccc(CI)s2)c(OS(C)(=O)=O)c1. The van der Waals surface area contributed by atoms with Gasteiger partial charge in [-0.3, -0.25) is 0 Å². The van der Waals surface area contributed by atoms with Gasteiger partial charge < -0.3 is 26.8 Å². The highest BCUT2D eigenvalue weighted by Gasteiger charge is 2.27. The Labute approximate surface area is 285 Å². The van der Waals surface area contributed by atoms with Crippen LogP contribution in [0.4, 0.5) is 0 Å². The second kappa shape index (κ2) is 14.2. The van der Waals surface area contributed by atoms with Crippen LogP contribution in [0.1, 0.15) is 9.75 Å². The van der Waals surface area contributed by atoms with Crippen LogP contribution < -0.4 is 26.8 Å². The van der Waals surface area contributed by atoms with E-state index in [4.69, 9.17) is 26.8 Å². The molecule has 0 saturated carbocycles. The van der Waals surface area contributed by atoms with Crippen LogP contribution in [-0.2, 0) is 41.4 Å². The lowest BCUT2D eigenvalue weighted by molar-refractivity contribution is 0.300. The Balaban J connectivity index is 1.89. The number of methoxy groups -OCH3 is 2. The molecule has 17 heteroatoms. The van der Waals surface area contributed by atoms with Gasteiger partial charge in [0.15, 0.2) is 23.0 Å². The molecule has 1 aromatic heterocycles. The predicted molar refractivity (Wildman–Crippen MR) is 183 cm³/mol. The number of benzene rings is 3. The van der Waals surface area contributed by atoms with Crippen molar-refractivity contribution in [2.24, 2.45) is 0 Å². The topological polar surface area (TPSA) is 158 Å².